The van der Waals surface area contributed by atoms with Crippen molar-refractivity contribution in [3.63, 3.8) is 0 Å². The molecule has 0 saturated carbocycles. The molecule has 0 bridgehead atoms. The number of rotatable bonds is 2. The van der Waals surface area contributed by atoms with Crippen LogP contribution >= 0.6 is 0 Å². The van der Waals surface area contributed by atoms with Crippen molar-refractivity contribution >= 4 is 10.8 Å². The Morgan fingerprint density at radius 2 is 1.72 bits per heavy atom. The summed E-state index contributed by atoms with van der Waals surface area (Å²) in [5.74, 6) is 0.504. The van der Waals surface area contributed by atoms with Crippen molar-refractivity contribution in [3.05, 3.63) is 71.3 Å². The van der Waals surface area contributed by atoms with Crippen LogP contribution < -0.4 is 0 Å². The maximum Gasteiger partial charge on any atom is 0.00322 e. The van der Waals surface area contributed by atoms with Crippen LogP contribution in [0.5, 0.6) is 0 Å². The molecule has 0 heteroatoms. The highest BCUT2D eigenvalue weighted by Crippen LogP contribution is 2.35. The third-order valence-corrected chi connectivity index (χ3v) is 3.91. The molecule has 90 valence electrons. The normalized spacial score (nSPS) is 16.6. The van der Waals surface area contributed by atoms with Crippen LogP contribution in [0.4, 0.5) is 0 Å². The summed E-state index contributed by atoms with van der Waals surface area (Å²) in [5, 5.41) is 2.73. The summed E-state index contributed by atoms with van der Waals surface area (Å²) < 4.78 is 0. The Balaban J connectivity index is 2.05. The maximum atomic E-state index is 2.32. The van der Waals surface area contributed by atoms with Gasteiger partial charge >= 0.3 is 0 Å². The predicted molar refractivity (Wildman–Crippen MR) is 78.8 cm³/mol. The Hall–Kier alpha value is -1.82. The van der Waals surface area contributed by atoms with Crippen LogP contribution in [-0.2, 0) is 0 Å². The first-order chi connectivity index (χ1) is 8.75. The molecule has 0 N–H and O–H groups in total. The Kier molecular flexibility index (Phi) is 2.79. The summed E-state index contributed by atoms with van der Waals surface area (Å²) >= 11 is 0. The summed E-state index contributed by atoms with van der Waals surface area (Å²) in [5.41, 5.74) is 4.45. The minimum absolute atomic E-state index is 0.504. The molecule has 0 amide bonds. The van der Waals surface area contributed by atoms with Gasteiger partial charge in [-0.3, -0.25) is 0 Å². The second-order valence-electron chi connectivity index (χ2n) is 5.22. The molecule has 2 aromatic carbocycles. The number of fused-ring (bicyclic) bond motifs is 1. The minimum Gasteiger partial charge on any atom is -0.0692 e. The average Bonchev–Trinajstić information content (AvgIpc) is 2.84. The zero-order chi connectivity index (χ0) is 12.5. The lowest BCUT2D eigenvalue weighted by molar-refractivity contribution is 0.867. The Labute approximate surface area is 109 Å². The molecule has 0 heterocycles. The molecular formula is C18H18. The van der Waals surface area contributed by atoms with Gasteiger partial charge < -0.3 is 0 Å². The van der Waals surface area contributed by atoms with Crippen molar-refractivity contribution in [1.29, 1.82) is 0 Å². The van der Waals surface area contributed by atoms with Gasteiger partial charge in [0.1, 0.15) is 0 Å². The lowest BCUT2D eigenvalue weighted by Crippen LogP contribution is -1.98. The highest BCUT2D eigenvalue weighted by Gasteiger charge is 2.16. The van der Waals surface area contributed by atoms with Gasteiger partial charge in [-0.2, -0.15) is 0 Å². The molecule has 0 aliphatic heterocycles. The zero-order valence-corrected chi connectivity index (χ0v) is 11.0. The van der Waals surface area contributed by atoms with Gasteiger partial charge in [-0.05, 0) is 29.7 Å². The standard InChI is InChI=1S/C18H18/c1-13-10-11-16(12-13)14(2)17-9-5-7-15-6-3-4-8-18(15)17/h3-11,14H,12H2,1-2H3. The van der Waals surface area contributed by atoms with Crippen molar-refractivity contribution in [1.82, 2.24) is 0 Å². The quantitative estimate of drug-likeness (QED) is 0.668. The Morgan fingerprint density at radius 3 is 2.50 bits per heavy atom. The van der Waals surface area contributed by atoms with Crippen LogP contribution in [0.1, 0.15) is 31.7 Å². The molecule has 0 nitrogen and oxygen atoms in total. The highest BCUT2D eigenvalue weighted by molar-refractivity contribution is 5.86. The fourth-order valence-electron chi connectivity index (χ4n) is 2.81. The Bertz CT molecular complexity index is 639. The number of hydrogen-bond acceptors (Lipinski definition) is 0. The summed E-state index contributed by atoms with van der Waals surface area (Å²) in [7, 11) is 0. The first-order valence-electron chi connectivity index (χ1n) is 6.59. The van der Waals surface area contributed by atoms with E-state index in [1.165, 1.54) is 27.5 Å². The SMILES string of the molecule is CC1=CC=C(C(C)c2cccc3ccccc23)C1. The van der Waals surface area contributed by atoms with Crippen molar-refractivity contribution in [3.8, 4) is 0 Å². The summed E-state index contributed by atoms with van der Waals surface area (Å²) in [4.78, 5) is 0. The smallest absolute Gasteiger partial charge is 0.00322 e. The molecule has 0 saturated heterocycles. The minimum atomic E-state index is 0.504. The monoisotopic (exact) mass is 234 g/mol. The molecule has 1 atom stereocenters. The van der Waals surface area contributed by atoms with Gasteiger partial charge in [0, 0.05) is 5.92 Å². The van der Waals surface area contributed by atoms with Gasteiger partial charge in [0.2, 0.25) is 0 Å². The third-order valence-electron chi connectivity index (χ3n) is 3.91. The van der Waals surface area contributed by atoms with E-state index in [0.29, 0.717) is 5.92 Å². The molecule has 3 rings (SSSR count). The lowest BCUT2D eigenvalue weighted by atomic mass is 9.88. The molecule has 2 aromatic rings. The second kappa shape index (κ2) is 4.45. The van der Waals surface area contributed by atoms with Crippen LogP contribution in [0, 0.1) is 0 Å². The van der Waals surface area contributed by atoms with E-state index in [-0.39, 0.29) is 0 Å². The molecule has 0 aromatic heterocycles. The predicted octanol–water partition coefficient (Wildman–Crippen LogP) is 5.22. The molecule has 1 aliphatic carbocycles. The van der Waals surface area contributed by atoms with Gasteiger partial charge in [-0.15, -0.1) is 0 Å². The fourth-order valence-corrected chi connectivity index (χ4v) is 2.81. The van der Waals surface area contributed by atoms with Gasteiger partial charge in [-0.25, -0.2) is 0 Å². The fraction of sp³-hybridized carbons (Fsp3) is 0.222. The van der Waals surface area contributed by atoms with Crippen LogP contribution in [-0.4, -0.2) is 0 Å². The Morgan fingerprint density at radius 1 is 0.944 bits per heavy atom. The van der Waals surface area contributed by atoms with Gasteiger partial charge in [-0.1, -0.05) is 72.7 Å². The van der Waals surface area contributed by atoms with Crippen molar-refractivity contribution in [2.24, 2.45) is 0 Å². The van der Waals surface area contributed by atoms with Crippen LogP contribution in [0.25, 0.3) is 10.8 Å². The molecule has 1 aliphatic rings. The van der Waals surface area contributed by atoms with Gasteiger partial charge in [0.25, 0.3) is 0 Å². The van der Waals surface area contributed by atoms with E-state index in [1.54, 1.807) is 0 Å². The van der Waals surface area contributed by atoms with Crippen molar-refractivity contribution in [2.75, 3.05) is 0 Å². The maximum absolute atomic E-state index is 2.32. The lowest BCUT2D eigenvalue weighted by Gasteiger charge is -2.16. The molecular weight excluding hydrogens is 216 g/mol. The van der Waals surface area contributed by atoms with Crippen molar-refractivity contribution in [2.45, 2.75) is 26.2 Å². The first-order valence-corrected chi connectivity index (χ1v) is 6.59. The first kappa shape index (κ1) is 11.3. The second-order valence-corrected chi connectivity index (χ2v) is 5.22. The topological polar surface area (TPSA) is 0 Å². The van der Waals surface area contributed by atoms with Crippen LogP contribution in [0.15, 0.2) is 65.8 Å². The molecule has 1 unspecified atom stereocenters. The van der Waals surface area contributed by atoms with E-state index in [9.17, 15) is 0 Å². The van der Waals surface area contributed by atoms with Crippen LogP contribution in [0.2, 0.25) is 0 Å². The van der Waals surface area contributed by atoms with E-state index in [2.05, 4.69) is 68.5 Å². The molecule has 0 spiro atoms. The number of allylic oxidation sites excluding steroid dienone is 4. The van der Waals surface area contributed by atoms with Crippen molar-refractivity contribution < 1.29 is 0 Å². The van der Waals surface area contributed by atoms with E-state index in [4.69, 9.17) is 0 Å². The van der Waals surface area contributed by atoms with E-state index in [1.807, 2.05) is 0 Å². The third kappa shape index (κ3) is 1.88. The molecule has 0 radical (unpaired) electrons. The summed E-state index contributed by atoms with van der Waals surface area (Å²) in [6.07, 6.45) is 5.67. The average molecular weight is 234 g/mol. The summed E-state index contributed by atoms with van der Waals surface area (Å²) in [6.45, 7) is 4.53. The van der Waals surface area contributed by atoms with Gasteiger partial charge in [0.15, 0.2) is 0 Å². The summed E-state index contributed by atoms with van der Waals surface area (Å²) in [6, 6.07) is 15.3. The largest absolute Gasteiger partial charge is 0.0692 e. The number of benzene rings is 2. The van der Waals surface area contributed by atoms with E-state index in [0.717, 1.165) is 6.42 Å². The number of hydrogen-bond donors (Lipinski definition) is 0. The van der Waals surface area contributed by atoms with Gasteiger partial charge in [0.05, 0.1) is 0 Å². The van der Waals surface area contributed by atoms with E-state index >= 15 is 0 Å². The molecule has 0 fully saturated rings. The zero-order valence-electron chi connectivity index (χ0n) is 11.0. The van der Waals surface area contributed by atoms with E-state index < -0.39 is 0 Å². The highest BCUT2D eigenvalue weighted by atomic mass is 14.2. The molecule has 18 heavy (non-hydrogen) atoms. The van der Waals surface area contributed by atoms with Crippen LogP contribution in [0.3, 0.4) is 0 Å².